The van der Waals surface area contributed by atoms with Crippen molar-refractivity contribution in [3.63, 3.8) is 0 Å². The topological polar surface area (TPSA) is 49.0 Å². The Morgan fingerprint density at radius 3 is 2.80 bits per heavy atom. The Bertz CT molecular complexity index is 609. The molecule has 4 nitrogen and oxygen atoms in total. The molecule has 1 aliphatic heterocycles. The van der Waals surface area contributed by atoms with Gasteiger partial charge in [-0.25, -0.2) is 4.98 Å². The molecular formula is C16H19N3O. The third kappa shape index (κ3) is 1.90. The number of amides is 1. The van der Waals surface area contributed by atoms with Crippen molar-refractivity contribution in [3.05, 3.63) is 30.1 Å². The van der Waals surface area contributed by atoms with Gasteiger partial charge < -0.3 is 9.88 Å². The smallest absolute Gasteiger partial charge is 0.223 e. The van der Waals surface area contributed by atoms with Crippen molar-refractivity contribution in [2.75, 3.05) is 6.54 Å². The molecule has 4 rings (SSSR count). The van der Waals surface area contributed by atoms with Gasteiger partial charge in [0.25, 0.3) is 0 Å². The number of para-hydroxylation sites is 2. The van der Waals surface area contributed by atoms with Crippen LogP contribution in [0.25, 0.3) is 11.0 Å². The average molecular weight is 269 g/mol. The normalized spacial score (nSPS) is 24.1. The summed E-state index contributed by atoms with van der Waals surface area (Å²) in [6, 6.07) is 8.54. The lowest BCUT2D eigenvalue weighted by molar-refractivity contribution is -0.129. The number of nitrogens with zero attached hydrogens (tertiary/aromatic N) is 2. The van der Waals surface area contributed by atoms with Crippen molar-refractivity contribution in [2.45, 2.75) is 44.1 Å². The molecule has 20 heavy (non-hydrogen) atoms. The summed E-state index contributed by atoms with van der Waals surface area (Å²) in [4.78, 5) is 22.4. The minimum atomic E-state index is 0.232. The molecular weight excluding hydrogens is 250 g/mol. The van der Waals surface area contributed by atoms with Crippen LogP contribution in [0.1, 0.15) is 43.8 Å². The number of rotatable bonds is 2. The average Bonchev–Trinajstić information content (AvgIpc) is 3.16. The second-order valence-corrected chi connectivity index (χ2v) is 6.02. The molecule has 0 radical (unpaired) electrons. The highest BCUT2D eigenvalue weighted by atomic mass is 16.2. The fourth-order valence-electron chi connectivity index (χ4n) is 3.65. The number of imidazole rings is 1. The molecule has 104 valence electrons. The van der Waals surface area contributed by atoms with E-state index in [1.165, 1.54) is 25.7 Å². The maximum Gasteiger partial charge on any atom is 0.223 e. The van der Waals surface area contributed by atoms with E-state index >= 15 is 0 Å². The molecule has 1 aliphatic carbocycles. The van der Waals surface area contributed by atoms with E-state index in [0.717, 1.165) is 23.4 Å². The summed E-state index contributed by atoms with van der Waals surface area (Å²) in [5.74, 6) is 1.51. The summed E-state index contributed by atoms with van der Waals surface area (Å²) >= 11 is 0. The van der Waals surface area contributed by atoms with Gasteiger partial charge in [0.05, 0.1) is 11.0 Å². The van der Waals surface area contributed by atoms with E-state index in [4.69, 9.17) is 0 Å². The molecule has 1 amide bonds. The zero-order valence-corrected chi connectivity index (χ0v) is 11.5. The molecule has 1 unspecified atom stereocenters. The van der Waals surface area contributed by atoms with Crippen LogP contribution in [0.2, 0.25) is 0 Å². The lowest BCUT2D eigenvalue weighted by Gasteiger charge is -2.23. The molecule has 1 aromatic heterocycles. The van der Waals surface area contributed by atoms with Gasteiger partial charge in [-0.05, 0) is 25.0 Å². The predicted molar refractivity (Wildman–Crippen MR) is 77.4 cm³/mol. The zero-order valence-electron chi connectivity index (χ0n) is 11.5. The molecule has 0 spiro atoms. The van der Waals surface area contributed by atoms with Crippen LogP contribution in [0.3, 0.4) is 0 Å². The van der Waals surface area contributed by atoms with Gasteiger partial charge >= 0.3 is 0 Å². The first-order valence-corrected chi connectivity index (χ1v) is 7.55. The number of carbonyl (C=O) groups excluding carboxylic acids is 1. The lowest BCUT2D eigenvalue weighted by Crippen LogP contribution is -2.34. The van der Waals surface area contributed by atoms with Crippen LogP contribution in [0.4, 0.5) is 0 Å². The SMILES string of the molecule is O=C1CC(c2nc3ccccc3[nH]2)CN1C1CCCC1. The number of H-pyrrole nitrogens is 1. The van der Waals surface area contributed by atoms with Crippen molar-refractivity contribution in [1.82, 2.24) is 14.9 Å². The molecule has 0 bridgehead atoms. The Morgan fingerprint density at radius 1 is 1.20 bits per heavy atom. The molecule has 2 fully saturated rings. The van der Waals surface area contributed by atoms with E-state index in [2.05, 4.69) is 14.9 Å². The Labute approximate surface area is 118 Å². The second-order valence-electron chi connectivity index (χ2n) is 6.02. The quantitative estimate of drug-likeness (QED) is 0.911. The largest absolute Gasteiger partial charge is 0.342 e. The van der Waals surface area contributed by atoms with Crippen molar-refractivity contribution in [3.8, 4) is 0 Å². The van der Waals surface area contributed by atoms with E-state index in [-0.39, 0.29) is 5.92 Å². The van der Waals surface area contributed by atoms with Gasteiger partial charge in [-0.15, -0.1) is 0 Å². The fourth-order valence-corrected chi connectivity index (χ4v) is 3.65. The van der Waals surface area contributed by atoms with Crippen molar-refractivity contribution < 1.29 is 4.79 Å². The van der Waals surface area contributed by atoms with Gasteiger partial charge in [-0.3, -0.25) is 4.79 Å². The number of nitrogens with one attached hydrogen (secondary N) is 1. The Hall–Kier alpha value is -1.84. The fraction of sp³-hybridized carbons (Fsp3) is 0.500. The Kier molecular flexibility index (Phi) is 2.76. The third-order valence-electron chi connectivity index (χ3n) is 4.72. The monoisotopic (exact) mass is 269 g/mol. The van der Waals surface area contributed by atoms with Gasteiger partial charge in [-0.1, -0.05) is 25.0 Å². The first-order valence-electron chi connectivity index (χ1n) is 7.55. The van der Waals surface area contributed by atoms with E-state index in [1.807, 2.05) is 24.3 Å². The molecule has 1 N–H and O–H groups in total. The maximum absolute atomic E-state index is 12.2. The molecule has 1 atom stereocenters. The predicted octanol–water partition coefficient (Wildman–Crippen LogP) is 2.82. The van der Waals surface area contributed by atoms with Crippen LogP contribution in [0.15, 0.2) is 24.3 Å². The van der Waals surface area contributed by atoms with Gasteiger partial charge in [0, 0.05) is 24.9 Å². The van der Waals surface area contributed by atoms with Crippen molar-refractivity contribution in [1.29, 1.82) is 0 Å². The summed E-state index contributed by atoms with van der Waals surface area (Å²) < 4.78 is 0. The second kappa shape index (κ2) is 4.62. The molecule has 4 heteroatoms. The highest BCUT2D eigenvalue weighted by molar-refractivity contribution is 5.80. The number of likely N-dealkylation sites (tertiary alicyclic amines) is 1. The summed E-state index contributed by atoms with van der Waals surface area (Å²) in [5.41, 5.74) is 2.06. The van der Waals surface area contributed by atoms with Crippen molar-refractivity contribution >= 4 is 16.9 Å². The highest BCUT2D eigenvalue weighted by Gasteiger charge is 2.37. The summed E-state index contributed by atoms with van der Waals surface area (Å²) in [5, 5.41) is 0. The van der Waals surface area contributed by atoms with Crippen LogP contribution in [-0.4, -0.2) is 33.4 Å². The third-order valence-corrected chi connectivity index (χ3v) is 4.72. The van der Waals surface area contributed by atoms with Crippen LogP contribution < -0.4 is 0 Å². The van der Waals surface area contributed by atoms with Gasteiger partial charge in [-0.2, -0.15) is 0 Å². The molecule has 2 aromatic rings. The maximum atomic E-state index is 12.2. The minimum absolute atomic E-state index is 0.232. The van der Waals surface area contributed by atoms with E-state index < -0.39 is 0 Å². The van der Waals surface area contributed by atoms with E-state index in [9.17, 15) is 4.79 Å². The molecule has 1 aromatic carbocycles. The zero-order chi connectivity index (χ0) is 13.5. The first-order chi connectivity index (χ1) is 9.81. The highest BCUT2D eigenvalue weighted by Crippen LogP contribution is 2.33. The Balaban J connectivity index is 1.58. The number of aromatic amines is 1. The number of hydrogen-bond donors (Lipinski definition) is 1. The molecule has 1 saturated carbocycles. The number of benzene rings is 1. The molecule has 2 heterocycles. The van der Waals surface area contributed by atoms with Gasteiger partial charge in [0.2, 0.25) is 5.91 Å². The van der Waals surface area contributed by atoms with Gasteiger partial charge in [0.15, 0.2) is 0 Å². The number of aromatic nitrogens is 2. The van der Waals surface area contributed by atoms with Crippen LogP contribution in [-0.2, 0) is 4.79 Å². The van der Waals surface area contributed by atoms with Crippen molar-refractivity contribution in [2.24, 2.45) is 0 Å². The van der Waals surface area contributed by atoms with E-state index in [0.29, 0.717) is 18.4 Å². The van der Waals surface area contributed by atoms with Gasteiger partial charge in [0.1, 0.15) is 5.82 Å². The van der Waals surface area contributed by atoms with E-state index in [1.54, 1.807) is 0 Å². The van der Waals surface area contributed by atoms with Crippen LogP contribution in [0, 0.1) is 0 Å². The summed E-state index contributed by atoms with van der Waals surface area (Å²) in [6.07, 6.45) is 5.50. The first kappa shape index (κ1) is 11.9. The standard InChI is InChI=1S/C16H19N3O/c20-15-9-11(10-19(15)12-5-1-2-6-12)16-17-13-7-3-4-8-14(13)18-16/h3-4,7-8,11-12H,1-2,5-6,9-10H2,(H,17,18). The van der Waals surface area contributed by atoms with Crippen LogP contribution in [0.5, 0.6) is 0 Å². The molecule has 1 saturated heterocycles. The molecule has 2 aliphatic rings. The Morgan fingerprint density at radius 2 is 2.00 bits per heavy atom. The number of carbonyl (C=O) groups is 1. The lowest BCUT2D eigenvalue weighted by atomic mass is 10.1. The number of hydrogen-bond acceptors (Lipinski definition) is 2. The minimum Gasteiger partial charge on any atom is -0.342 e. The summed E-state index contributed by atoms with van der Waals surface area (Å²) in [7, 11) is 0. The number of fused-ring (bicyclic) bond motifs is 1. The van der Waals surface area contributed by atoms with Crippen LogP contribution >= 0.6 is 0 Å². The summed E-state index contributed by atoms with van der Waals surface area (Å²) in [6.45, 7) is 0.837.